The fourth-order valence-corrected chi connectivity index (χ4v) is 3.63. The minimum absolute atomic E-state index is 0.0160. The number of hydrogen-bond acceptors (Lipinski definition) is 5. The molecule has 0 radical (unpaired) electrons. The number of nitrogens with one attached hydrogen (secondary N) is 1. The van der Waals surface area contributed by atoms with E-state index in [-0.39, 0.29) is 5.56 Å². The Morgan fingerprint density at radius 1 is 1.19 bits per heavy atom. The number of H-pyrrole nitrogens is 1. The molecule has 1 aromatic carbocycles. The number of aliphatic imine (C=N–C) groups is 1. The number of fused-ring (bicyclic) bond motifs is 1. The third-order valence-electron chi connectivity index (χ3n) is 5.11. The maximum absolute atomic E-state index is 12.6. The molecule has 0 spiro atoms. The summed E-state index contributed by atoms with van der Waals surface area (Å²) in [6.07, 6.45) is 3.95. The molecule has 6 nitrogen and oxygen atoms in total. The van der Waals surface area contributed by atoms with E-state index in [2.05, 4.69) is 27.0 Å². The van der Waals surface area contributed by atoms with Gasteiger partial charge in [-0.05, 0) is 37.0 Å². The van der Waals surface area contributed by atoms with Crippen molar-refractivity contribution < 1.29 is 4.74 Å². The SMILES string of the molecule is COc1ccc(CN2CCc3nc(C4=NCCCC4)[nH]c(=O)c3C2)cc1. The van der Waals surface area contributed by atoms with Gasteiger partial charge >= 0.3 is 0 Å². The molecule has 6 heteroatoms. The number of methoxy groups -OCH3 is 1. The standard InChI is InChI=1S/C20H24N4O2/c1-26-15-7-5-14(6-8-15)12-24-11-9-17-16(13-24)20(25)23-19(22-17)18-4-2-3-10-21-18/h5-8H,2-4,9-13H2,1H3,(H,22,23,25). The van der Waals surface area contributed by atoms with E-state index in [0.29, 0.717) is 12.4 Å². The van der Waals surface area contributed by atoms with Crippen LogP contribution >= 0.6 is 0 Å². The van der Waals surface area contributed by atoms with Crippen LogP contribution in [-0.2, 0) is 19.5 Å². The summed E-state index contributed by atoms with van der Waals surface area (Å²) in [7, 11) is 1.67. The van der Waals surface area contributed by atoms with E-state index in [4.69, 9.17) is 9.72 Å². The number of rotatable bonds is 4. The lowest BCUT2D eigenvalue weighted by molar-refractivity contribution is 0.241. The summed E-state index contributed by atoms with van der Waals surface area (Å²) in [5, 5.41) is 0. The van der Waals surface area contributed by atoms with E-state index in [1.807, 2.05) is 12.1 Å². The smallest absolute Gasteiger partial charge is 0.255 e. The number of aromatic nitrogens is 2. The molecule has 3 heterocycles. The molecule has 0 saturated heterocycles. The predicted molar refractivity (Wildman–Crippen MR) is 101 cm³/mol. The Morgan fingerprint density at radius 2 is 2.04 bits per heavy atom. The van der Waals surface area contributed by atoms with Gasteiger partial charge in [-0.15, -0.1) is 0 Å². The highest BCUT2D eigenvalue weighted by Crippen LogP contribution is 2.19. The zero-order valence-corrected chi connectivity index (χ0v) is 15.1. The first-order valence-corrected chi connectivity index (χ1v) is 9.24. The average molecular weight is 352 g/mol. The van der Waals surface area contributed by atoms with Crippen molar-refractivity contribution in [1.29, 1.82) is 0 Å². The van der Waals surface area contributed by atoms with Crippen molar-refractivity contribution >= 4 is 5.71 Å². The third kappa shape index (κ3) is 3.55. The molecular formula is C20H24N4O2. The molecule has 0 fully saturated rings. The van der Waals surface area contributed by atoms with Crippen molar-refractivity contribution in [3.8, 4) is 5.75 Å². The van der Waals surface area contributed by atoms with Gasteiger partial charge in [0.2, 0.25) is 0 Å². The highest BCUT2D eigenvalue weighted by Gasteiger charge is 2.22. The Morgan fingerprint density at radius 3 is 2.77 bits per heavy atom. The first-order valence-electron chi connectivity index (χ1n) is 9.24. The van der Waals surface area contributed by atoms with Crippen LogP contribution in [0.3, 0.4) is 0 Å². The lowest BCUT2D eigenvalue weighted by atomic mass is 10.0. The molecule has 2 aliphatic rings. The Bertz CT molecular complexity index is 870. The van der Waals surface area contributed by atoms with Gasteiger partial charge in [0.1, 0.15) is 5.75 Å². The van der Waals surface area contributed by atoms with Crippen LogP contribution in [0.1, 0.15) is 41.9 Å². The molecule has 0 aliphatic carbocycles. The second-order valence-electron chi connectivity index (χ2n) is 6.93. The van der Waals surface area contributed by atoms with Crippen molar-refractivity contribution in [2.24, 2.45) is 4.99 Å². The molecule has 2 aromatic rings. The van der Waals surface area contributed by atoms with Crippen molar-refractivity contribution in [2.45, 2.75) is 38.8 Å². The van der Waals surface area contributed by atoms with E-state index in [1.54, 1.807) is 7.11 Å². The van der Waals surface area contributed by atoms with E-state index in [1.165, 1.54) is 5.56 Å². The summed E-state index contributed by atoms with van der Waals surface area (Å²) in [5.74, 6) is 1.54. The molecule has 136 valence electrons. The van der Waals surface area contributed by atoms with Gasteiger partial charge in [0.15, 0.2) is 5.82 Å². The molecule has 4 rings (SSSR count). The fraction of sp³-hybridized carbons (Fsp3) is 0.450. The lowest BCUT2D eigenvalue weighted by Gasteiger charge is -2.28. The summed E-state index contributed by atoms with van der Waals surface area (Å²) in [6.45, 7) is 3.20. The highest BCUT2D eigenvalue weighted by atomic mass is 16.5. The van der Waals surface area contributed by atoms with Crippen molar-refractivity contribution in [3.63, 3.8) is 0 Å². The number of nitrogens with zero attached hydrogens (tertiary/aromatic N) is 3. The molecular weight excluding hydrogens is 328 g/mol. The third-order valence-corrected chi connectivity index (χ3v) is 5.11. The summed E-state index contributed by atoms with van der Waals surface area (Å²) in [4.78, 5) is 27.1. The van der Waals surface area contributed by atoms with Gasteiger partial charge < -0.3 is 9.72 Å². The van der Waals surface area contributed by atoms with Gasteiger partial charge in [-0.1, -0.05) is 12.1 Å². The number of hydrogen-bond donors (Lipinski definition) is 1. The summed E-state index contributed by atoms with van der Waals surface area (Å²) in [5.41, 5.74) is 3.88. The van der Waals surface area contributed by atoms with Gasteiger partial charge in [0.25, 0.3) is 5.56 Å². The Labute approximate surface area is 152 Å². The first kappa shape index (κ1) is 17.0. The van der Waals surface area contributed by atoms with Gasteiger partial charge in [-0.3, -0.25) is 14.7 Å². The summed E-state index contributed by atoms with van der Waals surface area (Å²) in [6, 6.07) is 8.08. The Balaban J connectivity index is 1.51. The van der Waals surface area contributed by atoms with Crippen LogP contribution in [0.2, 0.25) is 0 Å². The molecule has 0 amide bonds. The molecule has 1 N–H and O–H groups in total. The zero-order valence-electron chi connectivity index (χ0n) is 15.1. The van der Waals surface area contributed by atoms with Gasteiger partial charge in [0, 0.05) is 32.6 Å². The monoisotopic (exact) mass is 352 g/mol. The molecule has 0 saturated carbocycles. The summed E-state index contributed by atoms with van der Waals surface area (Å²) < 4.78 is 5.21. The molecule has 0 atom stereocenters. The zero-order chi connectivity index (χ0) is 17.9. The quantitative estimate of drug-likeness (QED) is 0.917. The van der Waals surface area contributed by atoms with Gasteiger partial charge in [0.05, 0.1) is 24.1 Å². The van der Waals surface area contributed by atoms with Crippen molar-refractivity contribution in [3.05, 3.63) is 57.3 Å². The maximum atomic E-state index is 12.6. The van der Waals surface area contributed by atoms with Crippen LogP contribution in [0.25, 0.3) is 0 Å². The normalized spacial score (nSPS) is 17.5. The van der Waals surface area contributed by atoms with Crippen LogP contribution in [0.5, 0.6) is 5.75 Å². The second kappa shape index (κ2) is 7.41. The van der Waals surface area contributed by atoms with Crippen LogP contribution in [0.4, 0.5) is 0 Å². The molecule has 26 heavy (non-hydrogen) atoms. The fourth-order valence-electron chi connectivity index (χ4n) is 3.63. The van der Waals surface area contributed by atoms with E-state index >= 15 is 0 Å². The molecule has 0 unspecified atom stereocenters. The first-order chi connectivity index (χ1) is 12.7. The largest absolute Gasteiger partial charge is 0.497 e. The highest BCUT2D eigenvalue weighted by molar-refractivity contribution is 5.97. The van der Waals surface area contributed by atoms with Crippen LogP contribution in [0, 0.1) is 0 Å². The molecule has 1 aromatic heterocycles. The van der Waals surface area contributed by atoms with E-state index in [0.717, 1.165) is 68.0 Å². The Kier molecular flexibility index (Phi) is 4.84. The van der Waals surface area contributed by atoms with Crippen molar-refractivity contribution in [2.75, 3.05) is 20.2 Å². The van der Waals surface area contributed by atoms with Crippen molar-refractivity contribution in [1.82, 2.24) is 14.9 Å². The van der Waals surface area contributed by atoms with Crippen LogP contribution in [0.15, 0.2) is 34.1 Å². The molecule has 2 aliphatic heterocycles. The van der Waals surface area contributed by atoms with Crippen LogP contribution in [-0.4, -0.2) is 40.8 Å². The number of benzene rings is 1. The minimum Gasteiger partial charge on any atom is -0.497 e. The minimum atomic E-state index is -0.0160. The van der Waals surface area contributed by atoms with E-state index in [9.17, 15) is 4.79 Å². The molecule has 0 bridgehead atoms. The topological polar surface area (TPSA) is 70.6 Å². The second-order valence-corrected chi connectivity index (χ2v) is 6.93. The maximum Gasteiger partial charge on any atom is 0.255 e. The number of ether oxygens (including phenoxy) is 1. The number of aromatic amines is 1. The van der Waals surface area contributed by atoms with Crippen LogP contribution < -0.4 is 10.3 Å². The Hall–Kier alpha value is -2.47. The van der Waals surface area contributed by atoms with E-state index < -0.39 is 0 Å². The average Bonchev–Trinajstić information content (AvgIpc) is 2.69. The van der Waals surface area contributed by atoms with Gasteiger partial charge in [-0.2, -0.15) is 0 Å². The summed E-state index contributed by atoms with van der Waals surface area (Å²) >= 11 is 0. The predicted octanol–water partition coefficient (Wildman–Crippen LogP) is 2.31. The van der Waals surface area contributed by atoms with Gasteiger partial charge in [-0.25, -0.2) is 4.98 Å². The lowest BCUT2D eigenvalue weighted by Crippen LogP contribution is -2.36.